The molecular formula is C15H22N2OS. The van der Waals surface area contributed by atoms with E-state index in [2.05, 4.69) is 28.5 Å². The van der Waals surface area contributed by atoms with Gasteiger partial charge in [-0.25, -0.2) is 4.98 Å². The van der Waals surface area contributed by atoms with E-state index in [0.29, 0.717) is 6.61 Å². The van der Waals surface area contributed by atoms with E-state index in [4.69, 9.17) is 5.11 Å². The highest BCUT2D eigenvalue weighted by Crippen LogP contribution is 2.22. The number of unbranched alkanes of at least 4 members (excludes halogenated alkanes) is 2. The number of benzene rings is 1. The van der Waals surface area contributed by atoms with Crippen LogP contribution in [0.5, 0.6) is 0 Å². The van der Waals surface area contributed by atoms with Crippen molar-refractivity contribution in [3.05, 3.63) is 29.3 Å². The van der Waals surface area contributed by atoms with Gasteiger partial charge in [0, 0.05) is 13.0 Å². The summed E-state index contributed by atoms with van der Waals surface area (Å²) in [4.78, 5) is 4.63. The number of rotatable bonds is 9. The van der Waals surface area contributed by atoms with Gasteiger partial charge in [-0.05, 0) is 50.9 Å². The summed E-state index contributed by atoms with van der Waals surface area (Å²) >= 11 is 1.81. The highest BCUT2D eigenvalue weighted by atomic mass is 32.1. The third-order valence-corrected chi connectivity index (χ3v) is 4.19. The summed E-state index contributed by atoms with van der Waals surface area (Å²) in [6, 6.07) is 8.32. The minimum absolute atomic E-state index is 0.317. The first-order valence-electron chi connectivity index (χ1n) is 7.06. The molecule has 2 N–H and O–H groups in total. The Bertz CT molecular complexity index is 451. The number of nitrogens with one attached hydrogen (secondary N) is 1. The van der Waals surface area contributed by atoms with Gasteiger partial charge in [-0.3, -0.25) is 0 Å². The maximum absolute atomic E-state index is 8.67. The van der Waals surface area contributed by atoms with Crippen LogP contribution in [-0.4, -0.2) is 29.8 Å². The van der Waals surface area contributed by atoms with E-state index in [9.17, 15) is 0 Å². The normalized spacial score (nSPS) is 11.2. The average molecular weight is 278 g/mol. The number of aryl methyl sites for hydroxylation is 1. The molecule has 0 spiro atoms. The molecule has 0 atom stereocenters. The lowest BCUT2D eigenvalue weighted by atomic mass is 10.2. The Hall–Kier alpha value is -0.970. The van der Waals surface area contributed by atoms with Crippen molar-refractivity contribution in [2.45, 2.75) is 32.1 Å². The molecule has 2 rings (SSSR count). The van der Waals surface area contributed by atoms with Gasteiger partial charge < -0.3 is 10.4 Å². The molecule has 1 aromatic heterocycles. The fraction of sp³-hybridized carbons (Fsp3) is 0.533. The van der Waals surface area contributed by atoms with Gasteiger partial charge in [0.15, 0.2) is 0 Å². The van der Waals surface area contributed by atoms with Crippen molar-refractivity contribution in [2.24, 2.45) is 0 Å². The summed E-state index contributed by atoms with van der Waals surface area (Å²) in [5.74, 6) is 0. The van der Waals surface area contributed by atoms with Crippen molar-refractivity contribution in [1.29, 1.82) is 0 Å². The standard InChI is InChI=1S/C15H22N2OS/c18-12-5-1-4-10-16-11-6-9-15-17-13-7-2-3-8-14(13)19-15/h2-3,7-8,16,18H,1,4-6,9-12H2. The topological polar surface area (TPSA) is 45.1 Å². The second-order valence-electron chi connectivity index (χ2n) is 4.71. The Morgan fingerprint density at radius 2 is 1.89 bits per heavy atom. The van der Waals surface area contributed by atoms with Gasteiger partial charge in [0.1, 0.15) is 0 Å². The number of hydrogen-bond acceptors (Lipinski definition) is 4. The molecule has 0 aliphatic heterocycles. The molecule has 0 unspecified atom stereocenters. The zero-order chi connectivity index (χ0) is 13.3. The fourth-order valence-corrected chi connectivity index (χ4v) is 3.06. The number of hydrogen-bond donors (Lipinski definition) is 2. The van der Waals surface area contributed by atoms with E-state index in [1.54, 1.807) is 11.3 Å². The van der Waals surface area contributed by atoms with Crippen LogP contribution in [0.25, 0.3) is 10.2 Å². The summed E-state index contributed by atoms with van der Waals surface area (Å²) in [6.45, 7) is 2.42. The van der Waals surface area contributed by atoms with E-state index in [-0.39, 0.29) is 0 Å². The predicted octanol–water partition coefficient (Wildman–Crippen LogP) is 2.98. The van der Waals surface area contributed by atoms with E-state index >= 15 is 0 Å². The maximum atomic E-state index is 8.67. The second-order valence-corrected chi connectivity index (χ2v) is 5.83. The SMILES string of the molecule is OCCCCCNCCCc1nc2ccccc2s1. The van der Waals surface area contributed by atoms with Crippen LogP contribution in [0.1, 0.15) is 30.7 Å². The van der Waals surface area contributed by atoms with Crippen molar-refractivity contribution in [3.8, 4) is 0 Å². The molecule has 0 saturated carbocycles. The largest absolute Gasteiger partial charge is 0.396 e. The maximum Gasteiger partial charge on any atom is 0.0939 e. The summed E-state index contributed by atoms with van der Waals surface area (Å²) in [6.07, 6.45) is 5.39. The minimum atomic E-state index is 0.317. The van der Waals surface area contributed by atoms with Gasteiger partial charge in [0.2, 0.25) is 0 Å². The Morgan fingerprint density at radius 1 is 1.05 bits per heavy atom. The highest BCUT2D eigenvalue weighted by Gasteiger charge is 2.02. The Kier molecular flexibility index (Phi) is 6.27. The third kappa shape index (κ3) is 4.90. The van der Waals surface area contributed by atoms with Gasteiger partial charge in [0.05, 0.1) is 15.2 Å². The number of fused-ring (bicyclic) bond motifs is 1. The van der Waals surface area contributed by atoms with Crippen LogP contribution in [0, 0.1) is 0 Å². The number of aliphatic hydroxyl groups excluding tert-OH is 1. The summed E-state index contributed by atoms with van der Waals surface area (Å²) in [7, 11) is 0. The Labute approximate surface area is 118 Å². The average Bonchev–Trinajstić information content (AvgIpc) is 2.84. The van der Waals surface area contributed by atoms with Crippen molar-refractivity contribution in [3.63, 3.8) is 0 Å². The fourth-order valence-electron chi connectivity index (χ4n) is 2.06. The number of aromatic nitrogens is 1. The van der Waals surface area contributed by atoms with Crippen LogP contribution >= 0.6 is 11.3 Å². The van der Waals surface area contributed by atoms with Gasteiger partial charge in [0.25, 0.3) is 0 Å². The van der Waals surface area contributed by atoms with Gasteiger partial charge in [-0.2, -0.15) is 0 Å². The van der Waals surface area contributed by atoms with Crippen molar-refractivity contribution in [1.82, 2.24) is 10.3 Å². The number of thiazole rings is 1. The lowest BCUT2D eigenvalue weighted by Crippen LogP contribution is -2.17. The van der Waals surface area contributed by atoms with Crippen molar-refractivity contribution >= 4 is 21.6 Å². The van der Waals surface area contributed by atoms with Crippen LogP contribution in [0.3, 0.4) is 0 Å². The summed E-state index contributed by atoms with van der Waals surface area (Å²) in [5, 5.41) is 13.3. The lowest BCUT2D eigenvalue weighted by Gasteiger charge is -2.03. The smallest absolute Gasteiger partial charge is 0.0939 e. The van der Waals surface area contributed by atoms with Gasteiger partial charge in [-0.1, -0.05) is 12.1 Å². The summed E-state index contributed by atoms with van der Waals surface area (Å²) < 4.78 is 1.29. The van der Waals surface area contributed by atoms with E-state index < -0.39 is 0 Å². The van der Waals surface area contributed by atoms with Gasteiger partial charge >= 0.3 is 0 Å². The van der Waals surface area contributed by atoms with Crippen molar-refractivity contribution < 1.29 is 5.11 Å². The summed E-state index contributed by atoms with van der Waals surface area (Å²) in [5.41, 5.74) is 1.12. The zero-order valence-electron chi connectivity index (χ0n) is 11.3. The molecule has 19 heavy (non-hydrogen) atoms. The molecule has 3 nitrogen and oxygen atoms in total. The molecule has 2 aromatic rings. The first-order valence-corrected chi connectivity index (χ1v) is 7.88. The number of aliphatic hydroxyl groups is 1. The van der Waals surface area contributed by atoms with Crippen LogP contribution in [0.15, 0.2) is 24.3 Å². The molecule has 0 radical (unpaired) electrons. The van der Waals surface area contributed by atoms with Crippen LogP contribution in [0.2, 0.25) is 0 Å². The van der Waals surface area contributed by atoms with Crippen LogP contribution < -0.4 is 5.32 Å². The predicted molar refractivity (Wildman–Crippen MR) is 81.7 cm³/mol. The molecule has 0 aliphatic rings. The molecule has 0 amide bonds. The highest BCUT2D eigenvalue weighted by molar-refractivity contribution is 7.18. The number of nitrogens with zero attached hydrogens (tertiary/aromatic N) is 1. The molecular weight excluding hydrogens is 256 g/mol. The van der Waals surface area contributed by atoms with Crippen LogP contribution in [0.4, 0.5) is 0 Å². The first kappa shape index (κ1) is 14.4. The van der Waals surface area contributed by atoms with E-state index in [1.807, 2.05) is 6.07 Å². The second kappa shape index (κ2) is 8.25. The van der Waals surface area contributed by atoms with E-state index in [0.717, 1.165) is 50.7 Å². The molecule has 4 heteroatoms. The third-order valence-electron chi connectivity index (χ3n) is 3.09. The van der Waals surface area contributed by atoms with E-state index in [1.165, 1.54) is 9.71 Å². The molecule has 0 bridgehead atoms. The molecule has 0 fully saturated rings. The Morgan fingerprint density at radius 3 is 2.74 bits per heavy atom. The monoisotopic (exact) mass is 278 g/mol. The molecule has 0 saturated heterocycles. The lowest BCUT2D eigenvalue weighted by molar-refractivity contribution is 0.283. The quantitative estimate of drug-likeness (QED) is 0.693. The van der Waals surface area contributed by atoms with Gasteiger partial charge in [-0.15, -0.1) is 11.3 Å². The zero-order valence-corrected chi connectivity index (χ0v) is 12.1. The Balaban J connectivity index is 1.60. The minimum Gasteiger partial charge on any atom is -0.396 e. The number of para-hydroxylation sites is 1. The molecule has 1 heterocycles. The van der Waals surface area contributed by atoms with Crippen molar-refractivity contribution in [2.75, 3.05) is 19.7 Å². The van der Waals surface area contributed by atoms with Crippen LogP contribution in [-0.2, 0) is 6.42 Å². The molecule has 104 valence electrons. The molecule has 1 aromatic carbocycles. The first-order chi connectivity index (χ1) is 9.40. The molecule has 0 aliphatic carbocycles.